The number of hydrogen-bond donors (Lipinski definition) is 1. The molecule has 1 N–H and O–H groups in total. The first kappa shape index (κ1) is 42.9. The summed E-state index contributed by atoms with van der Waals surface area (Å²) in [5.74, 6) is 1.74. The number of nitrogens with zero attached hydrogens (tertiary/aromatic N) is 3. The number of fused-ring (bicyclic) bond motifs is 11. The molecule has 2 atom stereocenters. The van der Waals surface area contributed by atoms with E-state index in [-0.39, 0.29) is 5.92 Å². The predicted molar refractivity (Wildman–Crippen MR) is 309 cm³/mol. The van der Waals surface area contributed by atoms with Gasteiger partial charge in [0.2, 0.25) is 0 Å². The van der Waals surface area contributed by atoms with E-state index in [1.165, 1.54) is 11.1 Å². The zero-order valence-electron chi connectivity index (χ0n) is 40.7. The van der Waals surface area contributed by atoms with E-state index in [9.17, 15) is 0 Å². The van der Waals surface area contributed by atoms with Gasteiger partial charge >= 0.3 is 0 Å². The van der Waals surface area contributed by atoms with E-state index in [0.717, 1.165) is 128 Å². The topological polar surface area (TPSA) is 68.0 Å². The van der Waals surface area contributed by atoms with Gasteiger partial charge in [-0.3, -0.25) is 0 Å². The fourth-order valence-electron chi connectivity index (χ4n) is 11.6. The lowest BCUT2D eigenvalue weighted by atomic mass is 9.90. The van der Waals surface area contributed by atoms with Gasteiger partial charge < -0.3 is 18.7 Å². The Bertz CT molecular complexity index is 4440. The van der Waals surface area contributed by atoms with Gasteiger partial charge in [0.15, 0.2) is 5.84 Å². The van der Waals surface area contributed by atoms with E-state index in [0.29, 0.717) is 5.84 Å². The molecule has 2 unspecified atom stereocenters. The highest BCUT2D eigenvalue weighted by Gasteiger charge is 2.28. The second-order valence-corrected chi connectivity index (χ2v) is 19.6. The van der Waals surface area contributed by atoms with Gasteiger partial charge in [0, 0.05) is 49.7 Å². The number of rotatable bonds is 8. The maximum Gasteiger partial charge on any atom is 0.159 e. The number of aromatic nitrogens is 1. The SMILES string of the molecule is C1=CC(c2ccccc2)CC=C1C1=NC(c2ccc(-c3ccccc3)cc2)NC(c2cc(-c3ccccc3)c(-n3c4ccccc4c4c5oc6ccc7c8ccccc8oc7c6c5ccc43)c(-c3ccccc3)c2)=N1. The van der Waals surface area contributed by atoms with Crippen LogP contribution in [0.3, 0.4) is 0 Å². The Kier molecular flexibility index (Phi) is 9.98. The number of nitrogens with one attached hydrogen (secondary N) is 1. The Balaban J connectivity index is 0.946. The quantitative estimate of drug-likeness (QED) is 0.165. The van der Waals surface area contributed by atoms with E-state index in [1.807, 2.05) is 12.1 Å². The minimum absolute atomic E-state index is 0.285. The van der Waals surface area contributed by atoms with E-state index >= 15 is 0 Å². The van der Waals surface area contributed by atoms with E-state index in [1.54, 1.807) is 0 Å². The van der Waals surface area contributed by atoms with Gasteiger partial charge in [-0.15, -0.1) is 0 Å². The first-order chi connectivity index (χ1) is 37.2. The van der Waals surface area contributed by atoms with Crippen LogP contribution in [0.4, 0.5) is 0 Å². The standard InChI is InChI=1S/C69H46N4O2/c1-5-17-43(18-6-1)45-29-33-49(34-30-45)67-70-68(50-35-31-46(32-36-50)44-19-7-2-8-20-44)72-69(71-67)51-41-56(47-21-9-3-10-22-47)64(57(42-51)48-23-11-4-12-24-48)73-58-27-15-13-26-54(58)62-59(73)39-37-55-63-61(75-66(55)62)40-38-53-52-25-14-16-28-60(52)74-65(53)63/h1-31,33-42,46,67H,32H2,(H,70,71,72). The molecule has 0 radical (unpaired) electrons. The lowest BCUT2D eigenvalue weighted by Crippen LogP contribution is -2.34. The largest absolute Gasteiger partial charge is 0.455 e. The maximum atomic E-state index is 7.00. The number of allylic oxidation sites excluding steroid dienone is 2. The number of aliphatic imine (C=N–C) groups is 2. The van der Waals surface area contributed by atoms with Crippen molar-refractivity contribution in [3.63, 3.8) is 0 Å². The monoisotopic (exact) mass is 962 g/mol. The number of furan rings is 2. The second-order valence-electron chi connectivity index (χ2n) is 19.6. The van der Waals surface area contributed by atoms with Gasteiger partial charge in [-0.25, -0.2) is 9.98 Å². The second kappa shape index (κ2) is 17.5. The molecule has 0 saturated carbocycles. The summed E-state index contributed by atoms with van der Waals surface area (Å²) in [6, 6.07) is 81.8. The molecule has 2 aliphatic rings. The third-order valence-corrected chi connectivity index (χ3v) is 15.2. The molecule has 6 heteroatoms. The van der Waals surface area contributed by atoms with Crippen molar-refractivity contribution in [2.75, 3.05) is 0 Å². The molecule has 0 amide bonds. The highest BCUT2D eigenvalue weighted by Crippen LogP contribution is 2.47. The van der Waals surface area contributed by atoms with Crippen LogP contribution in [0.25, 0.3) is 105 Å². The molecule has 0 saturated heterocycles. The van der Waals surface area contributed by atoms with Crippen LogP contribution in [0.1, 0.15) is 35.2 Å². The van der Waals surface area contributed by atoms with E-state index in [2.05, 4.69) is 247 Å². The first-order valence-corrected chi connectivity index (χ1v) is 25.7. The van der Waals surface area contributed by atoms with Crippen LogP contribution >= 0.6 is 0 Å². The van der Waals surface area contributed by atoms with Gasteiger partial charge in [0.25, 0.3) is 0 Å². The summed E-state index contributed by atoms with van der Waals surface area (Å²) in [7, 11) is 0. The molecule has 6 nitrogen and oxygen atoms in total. The molecule has 13 aromatic rings. The fourth-order valence-corrected chi connectivity index (χ4v) is 11.6. The van der Waals surface area contributed by atoms with Gasteiger partial charge in [0.05, 0.1) is 27.5 Å². The molecule has 10 aromatic carbocycles. The molecule has 3 aromatic heterocycles. The van der Waals surface area contributed by atoms with Crippen molar-refractivity contribution in [1.29, 1.82) is 0 Å². The van der Waals surface area contributed by atoms with Crippen molar-refractivity contribution in [2.45, 2.75) is 18.5 Å². The molecule has 75 heavy (non-hydrogen) atoms. The van der Waals surface area contributed by atoms with Crippen LogP contribution in [0, 0.1) is 0 Å². The summed E-state index contributed by atoms with van der Waals surface area (Å²) < 4.78 is 16.1. The summed E-state index contributed by atoms with van der Waals surface area (Å²) in [5, 5.41) is 10.2. The summed E-state index contributed by atoms with van der Waals surface area (Å²) in [4.78, 5) is 10.9. The Hall–Kier alpha value is -9.78. The van der Waals surface area contributed by atoms with Gasteiger partial charge in [-0.1, -0.05) is 200 Å². The van der Waals surface area contributed by atoms with Crippen molar-refractivity contribution < 1.29 is 8.83 Å². The molecular weight excluding hydrogens is 917 g/mol. The minimum atomic E-state index is -0.400. The third-order valence-electron chi connectivity index (χ3n) is 15.2. The van der Waals surface area contributed by atoms with Crippen molar-refractivity contribution in [2.24, 2.45) is 9.98 Å². The number of amidine groups is 2. The smallest absolute Gasteiger partial charge is 0.159 e. The molecule has 0 spiro atoms. The van der Waals surface area contributed by atoms with Crippen molar-refractivity contribution in [3.05, 3.63) is 271 Å². The molecule has 1 aliphatic heterocycles. The average molecular weight is 963 g/mol. The predicted octanol–water partition coefficient (Wildman–Crippen LogP) is 17.7. The van der Waals surface area contributed by atoms with Crippen LogP contribution in [-0.4, -0.2) is 16.2 Å². The average Bonchev–Trinajstić information content (AvgIpc) is 4.28. The summed E-state index contributed by atoms with van der Waals surface area (Å²) in [5.41, 5.74) is 17.4. The normalized spacial score (nSPS) is 15.7. The molecular formula is C69H46N4O2. The number of para-hydroxylation sites is 2. The first-order valence-electron chi connectivity index (χ1n) is 25.7. The van der Waals surface area contributed by atoms with Crippen molar-refractivity contribution in [1.82, 2.24) is 9.88 Å². The Labute approximate surface area is 432 Å². The maximum absolute atomic E-state index is 7.00. The third kappa shape index (κ3) is 7.17. The lowest BCUT2D eigenvalue weighted by Gasteiger charge is -2.27. The van der Waals surface area contributed by atoms with Gasteiger partial charge in [-0.05, 0) is 88.3 Å². The van der Waals surface area contributed by atoms with Crippen LogP contribution < -0.4 is 5.32 Å². The summed E-state index contributed by atoms with van der Waals surface area (Å²) in [6.07, 6.45) is 7.26. The molecule has 0 fully saturated rings. The van der Waals surface area contributed by atoms with Crippen LogP contribution in [0.5, 0.6) is 0 Å². The molecule has 354 valence electrons. The van der Waals surface area contributed by atoms with Crippen molar-refractivity contribution in [3.8, 4) is 39.1 Å². The lowest BCUT2D eigenvalue weighted by molar-refractivity contribution is 0.665. The molecule has 4 heterocycles. The van der Waals surface area contributed by atoms with E-state index < -0.39 is 6.17 Å². The van der Waals surface area contributed by atoms with Crippen LogP contribution in [0.15, 0.2) is 273 Å². The van der Waals surface area contributed by atoms with Gasteiger partial charge in [-0.2, -0.15) is 0 Å². The highest BCUT2D eigenvalue weighted by molar-refractivity contribution is 6.29. The zero-order chi connectivity index (χ0) is 49.4. The minimum Gasteiger partial charge on any atom is -0.455 e. The van der Waals surface area contributed by atoms with Gasteiger partial charge in [0.1, 0.15) is 34.3 Å². The highest BCUT2D eigenvalue weighted by atomic mass is 16.3. The zero-order valence-corrected chi connectivity index (χ0v) is 40.7. The Morgan fingerprint density at radius 3 is 1.76 bits per heavy atom. The van der Waals surface area contributed by atoms with Crippen molar-refractivity contribution >= 4 is 77.4 Å². The van der Waals surface area contributed by atoms with Crippen LogP contribution in [-0.2, 0) is 0 Å². The molecule has 15 rings (SSSR count). The van der Waals surface area contributed by atoms with Crippen LogP contribution in [0.2, 0.25) is 0 Å². The molecule has 0 bridgehead atoms. The Morgan fingerprint density at radius 2 is 1.05 bits per heavy atom. The Morgan fingerprint density at radius 1 is 0.453 bits per heavy atom. The number of benzene rings is 10. The summed E-state index contributed by atoms with van der Waals surface area (Å²) >= 11 is 0. The number of hydrogen-bond acceptors (Lipinski definition) is 5. The van der Waals surface area contributed by atoms with E-state index in [4.69, 9.17) is 18.8 Å². The molecule has 1 aliphatic carbocycles. The summed E-state index contributed by atoms with van der Waals surface area (Å²) in [6.45, 7) is 0. The fraction of sp³-hybridized carbons (Fsp3) is 0.0435.